The number of piperidine rings is 1. The highest BCUT2D eigenvalue weighted by Crippen LogP contribution is 2.35. The van der Waals surface area contributed by atoms with E-state index in [0.717, 1.165) is 5.56 Å². The van der Waals surface area contributed by atoms with E-state index in [1.807, 2.05) is 6.92 Å². The van der Waals surface area contributed by atoms with E-state index in [4.69, 9.17) is 4.42 Å². The Labute approximate surface area is 187 Å². The number of benzene rings is 2. The number of carbonyl (C=O) groups is 1. The maximum absolute atomic E-state index is 13.3. The first kappa shape index (κ1) is 22.7. The zero-order valence-electron chi connectivity index (χ0n) is 17.9. The average molecular weight is 460 g/mol. The molecule has 0 radical (unpaired) electrons. The highest BCUT2D eigenvalue weighted by atomic mass is 19.4. The van der Waals surface area contributed by atoms with Gasteiger partial charge in [-0.25, -0.2) is 4.79 Å². The number of carboxylic acid groups (broad SMARTS) is 1. The standard InChI is InChI=1S/C24H23F3N2O4/c1-14-9-15(12-28-19-7-3-2-6-17(19)23(31)32)22-18(10-14)20(30)11-21(33-22)29-8-4-5-16(13-29)24(25,26)27/h2-3,6-7,9-11,16,28H,4-5,8,12-13H2,1H3,(H,31,32). The minimum absolute atomic E-state index is 0.0508. The number of para-hydroxylation sites is 1. The first-order chi connectivity index (χ1) is 15.6. The second-order valence-corrected chi connectivity index (χ2v) is 8.28. The summed E-state index contributed by atoms with van der Waals surface area (Å²) in [5.74, 6) is -2.44. The van der Waals surface area contributed by atoms with Gasteiger partial charge >= 0.3 is 12.1 Å². The Morgan fingerprint density at radius 3 is 2.73 bits per heavy atom. The smallest absolute Gasteiger partial charge is 0.393 e. The third-order valence-electron chi connectivity index (χ3n) is 5.86. The van der Waals surface area contributed by atoms with E-state index < -0.39 is 18.1 Å². The Morgan fingerprint density at radius 1 is 1.24 bits per heavy atom. The second-order valence-electron chi connectivity index (χ2n) is 8.28. The molecule has 2 aromatic carbocycles. The number of aromatic carboxylic acids is 1. The Balaban J connectivity index is 1.70. The number of nitrogens with zero attached hydrogens (tertiary/aromatic N) is 1. The topological polar surface area (TPSA) is 82.8 Å². The number of aryl methyl sites for hydroxylation is 1. The molecule has 1 fully saturated rings. The van der Waals surface area contributed by atoms with Crippen LogP contribution < -0.4 is 15.6 Å². The summed E-state index contributed by atoms with van der Waals surface area (Å²) in [7, 11) is 0. The van der Waals surface area contributed by atoms with E-state index in [-0.39, 0.29) is 42.0 Å². The van der Waals surface area contributed by atoms with E-state index in [9.17, 15) is 27.9 Å². The average Bonchev–Trinajstić information content (AvgIpc) is 2.77. The van der Waals surface area contributed by atoms with Gasteiger partial charge in [0.15, 0.2) is 11.3 Å². The Morgan fingerprint density at radius 2 is 2.00 bits per heavy atom. The number of alkyl halides is 3. The molecule has 174 valence electrons. The number of hydrogen-bond donors (Lipinski definition) is 2. The molecule has 0 aliphatic carbocycles. The van der Waals surface area contributed by atoms with Crippen molar-refractivity contribution in [3.8, 4) is 0 Å². The molecule has 1 aliphatic rings. The largest absolute Gasteiger partial charge is 0.478 e. The van der Waals surface area contributed by atoms with Gasteiger partial charge < -0.3 is 19.7 Å². The van der Waals surface area contributed by atoms with Crippen LogP contribution in [0.15, 0.2) is 51.7 Å². The van der Waals surface area contributed by atoms with Gasteiger partial charge in [0.1, 0.15) is 5.58 Å². The molecule has 2 heterocycles. The van der Waals surface area contributed by atoms with Crippen molar-refractivity contribution in [1.29, 1.82) is 0 Å². The van der Waals surface area contributed by atoms with Crippen LogP contribution in [-0.2, 0) is 6.54 Å². The lowest BCUT2D eigenvalue weighted by Crippen LogP contribution is -2.42. The van der Waals surface area contributed by atoms with Gasteiger partial charge in [0.05, 0.1) is 16.9 Å². The molecule has 33 heavy (non-hydrogen) atoms. The highest BCUT2D eigenvalue weighted by Gasteiger charge is 2.42. The summed E-state index contributed by atoms with van der Waals surface area (Å²) >= 11 is 0. The number of nitrogens with one attached hydrogen (secondary N) is 1. The van der Waals surface area contributed by atoms with Crippen LogP contribution in [0.2, 0.25) is 0 Å². The Bertz CT molecular complexity index is 1250. The molecule has 0 amide bonds. The minimum Gasteiger partial charge on any atom is -0.478 e. The third kappa shape index (κ3) is 4.81. The van der Waals surface area contributed by atoms with Crippen LogP contribution in [0.4, 0.5) is 24.7 Å². The van der Waals surface area contributed by atoms with Crippen LogP contribution in [0.3, 0.4) is 0 Å². The fraction of sp³-hybridized carbons (Fsp3) is 0.333. The maximum Gasteiger partial charge on any atom is 0.393 e. The van der Waals surface area contributed by atoms with Gasteiger partial charge in [-0.1, -0.05) is 18.2 Å². The quantitative estimate of drug-likeness (QED) is 0.545. The molecule has 0 spiro atoms. The Hall–Kier alpha value is -3.49. The highest BCUT2D eigenvalue weighted by molar-refractivity contribution is 5.94. The van der Waals surface area contributed by atoms with Gasteiger partial charge in [-0.2, -0.15) is 13.2 Å². The first-order valence-corrected chi connectivity index (χ1v) is 10.6. The van der Waals surface area contributed by atoms with Gasteiger partial charge in [0, 0.05) is 37.0 Å². The second kappa shape index (κ2) is 8.80. The van der Waals surface area contributed by atoms with Crippen LogP contribution in [0.5, 0.6) is 0 Å². The van der Waals surface area contributed by atoms with E-state index >= 15 is 0 Å². The van der Waals surface area contributed by atoms with Crippen molar-refractivity contribution in [1.82, 2.24) is 0 Å². The van der Waals surface area contributed by atoms with Gasteiger partial charge in [-0.3, -0.25) is 4.79 Å². The van der Waals surface area contributed by atoms with E-state index in [1.54, 1.807) is 30.3 Å². The lowest BCUT2D eigenvalue weighted by molar-refractivity contribution is -0.176. The fourth-order valence-electron chi connectivity index (χ4n) is 4.22. The van der Waals surface area contributed by atoms with Crippen LogP contribution in [0, 0.1) is 12.8 Å². The monoisotopic (exact) mass is 460 g/mol. The molecule has 9 heteroatoms. The minimum atomic E-state index is -4.31. The number of anilines is 2. The van der Waals surface area contributed by atoms with Crippen molar-refractivity contribution in [2.45, 2.75) is 32.5 Å². The summed E-state index contributed by atoms with van der Waals surface area (Å²) in [6, 6.07) is 11.2. The van der Waals surface area contributed by atoms with Crippen molar-refractivity contribution in [3.05, 3.63) is 69.4 Å². The van der Waals surface area contributed by atoms with Gasteiger partial charge in [-0.05, 0) is 43.5 Å². The van der Waals surface area contributed by atoms with Crippen LogP contribution in [0.25, 0.3) is 11.0 Å². The first-order valence-electron chi connectivity index (χ1n) is 10.6. The molecule has 0 bridgehead atoms. The zero-order chi connectivity index (χ0) is 23.8. The molecular formula is C24H23F3N2O4. The molecule has 2 N–H and O–H groups in total. The molecular weight excluding hydrogens is 437 g/mol. The number of hydrogen-bond acceptors (Lipinski definition) is 5. The molecule has 3 aromatic rings. The molecule has 1 unspecified atom stereocenters. The fourth-order valence-corrected chi connectivity index (χ4v) is 4.22. The summed E-state index contributed by atoms with van der Waals surface area (Å²) < 4.78 is 45.8. The van der Waals surface area contributed by atoms with Gasteiger partial charge in [0.2, 0.25) is 0 Å². The third-order valence-corrected chi connectivity index (χ3v) is 5.86. The molecule has 1 atom stereocenters. The lowest BCUT2D eigenvalue weighted by atomic mass is 9.97. The molecule has 1 saturated heterocycles. The number of rotatable bonds is 5. The van der Waals surface area contributed by atoms with Crippen LogP contribution in [0.1, 0.15) is 34.3 Å². The number of fused-ring (bicyclic) bond motifs is 1. The van der Waals surface area contributed by atoms with Crippen molar-refractivity contribution in [3.63, 3.8) is 0 Å². The molecule has 4 rings (SSSR count). The van der Waals surface area contributed by atoms with Crippen molar-refractivity contribution < 1.29 is 27.5 Å². The van der Waals surface area contributed by atoms with E-state index in [2.05, 4.69) is 5.32 Å². The number of carboxylic acids is 1. The van der Waals surface area contributed by atoms with Crippen molar-refractivity contribution in [2.75, 3.05) is 23.3 Å². The predicted molar refractivity (Wildman–Crippen MR) is 119 cm³/mol. The zero-order valence-corrected chi connectivity index (χ0v) is 17.9. The summed E-state index contributed by atoms with van der Waals surface area (Å²) in [5.41, 5.74) is 1.86. The summed E-state index contributed by atoms with van der Waals surface area (Å²) in [6.07, 6.45) is -3.91. The van der Waals surface area contributed by atoms with Crippen molar-refractivity contribution >= 4 is 28.5 Å². The van der Waals surface area contributed by atoms with Crippen LogP contribution >= 0.6 is 0 Å². The normalized spacial score (nSPS) is 16.7. The summed E-state index contributed by atoms with van der Waals surface area (Å²) in [6.45, 7) is 2.09. The molecule has 0 saturated carbocycles. The molecule has 6 nitrogen and oxygen atoms in total. The SMILES string of the molecule is Cc1cc(CNc2ccccc2C(=O)O)c2oc(N3CCCC(C(F)(F)F)C3)cc(=O)c2c1. The predicted octanol–water partition coefficient (Wildman–Crippen LogP) is 5.19. The van der Waals surface area contributed by atoms with E-state index in [1.165, 1.54) is 17.0 Å². The summed E-state index contributed by atoms with van der Waals surface area (Å²) in [5, 5.41) is 12.8. The van der Waals surface area contributed by atoms with Crippen molar-refractivity contribution in [2.24, 2.45) is 5.92 Å². The van der Waals surface area contributed by atoms with Gasteiger partial charge in [-0.15, -0.1) is 0 Å². The van der Waals surface area contributed by atoms with Gasteiger partial charge in [0.25, 0.3) is 0 Å². The Kier molecular flexibility index (Phi) is 6.05. The van der Waals surface area contributed by atoms with Crippen LogP contribution in [-0.4, -0.2) is 30.3 Å². The summed E-state index contributed by atoms with van der Waals surface area (Å²) in [4.78, 5) is 25.8. The lowest BCUT2D eigenvalue weighted by Gasteiger charge is -2.34. The van der Waals surface area contributed by atoms with E-state index in [0.29, 0.717) is 29.6 Å². The molecule has 1 aliphatic heterocycles. The number of halogens is 3. The molecule has 1 aromatic heterocycles. The maximum atomic E-state index is 13.3.